The van der Waals surface area contributed by atoms with Gasteiger partial charge in [-0.2, -0.15) is 50.5 Å². The Morgan fingerprint density at radius 3 is 0.700 bits per heavy atom. The predicted octanol–water partition coefficient (Wildman–Crippen LogP) is 0.976. The van der Waals surface area contributed by atoms with Crippen LogP contribution in [0.4, 0.5) is 0 Å². The molecule has 2 aromatic rings. The third-order valence-electron chi connectivity index (χ3n) is 4.86. The Kier molecular flexibility index (Phi) is 8.98. The quantitative estimate of drug-likeness (QED) is 0.212. The van der Waals surface area contributed by atoms with Crippen LogP contribution in [-0.2, 0) is 60.7 Å². The van der Waals surface area contributed by atoms with E-state index in [2.05, 4.69) is 31.9 Å². The van der Waals surface area contributed by atoms with Crippen LogP contribution in [0.2, 0.25) is 0 Å². The van der Waals surface area contributed by atoms with Crippen molar-refractivity contribution in [2.24, 2.45) is 0 Å². The summed E-state index contributed by atoms with van der Waals surface area (Å²) < 4.78 is 205. The Morgan fingerprint density at radius 1 is 0.375 bits per heavy atom. The number of hydrogen-bond donors (Lipinski definition) is 6. The van der Waals surface area contributed by atoms with E-state index in [4.69, 9.17) is 0 Å². The van der Waals surface area contributed by atoms with E-state index in [0.717, 1.165) is 0 Å². The molecule has 0 saturated carbocycles. The SMILES string of the molecule is Cc1c(Br)c(S(=O)(=O)O)c(S(=O)(=O)O)c(-c2c(S(=O)(=O)O)c(C)c(Br)c(S(=O)(=O)O)c2S(=O)(=O)O)c1S(=O)(=O)O. The molecule has 0 amide bonds. The van der Waals surface area contributed by atoms with Crippen molar-refractivity contribution in [2.75, 3.05) is 0 Å². The van der Waals surface area contributed by atoms with E-state index < -0.39 is 121 Å². The highest BCUT2D eigenvalue weighted by molar-refractivity contribution is 9.10. The minimum Gasteiger partial charge on any atom is -0.282 e. The second kappa shape index (κ2) is 10.2. The monoisotopic (exact) mass is 818 g/mol. The van der Waals surface area contributed by atoms with Crippen molar-refractivity contribution in [3.8, 4) is 11.1 Å². The molecular formula is C14H12Br2O18S6. The molecule has 0 atom stereocenters. The first kappa shape index (κ1) is 35.1. The van der Waals surface area contributed by atoms with Gasteiger partial charge in [0.05, 0.1) is 0 Å². The molecule has 0 aromatic heterocycles. The summed E-state index contributed by atoms with van der Waals surface area (Å²) in [5.74, 6) is 0. The molecule has 0 bridgehead atoms. The van der Waals surface area contributed by atoms with E-state index >= 15 is 0 Å². The molecule has 0 aliphatic rings. The Morgan fingerprint density at radius 2 is 0.550 bits per heavy atom. The van der Waals surface area contributed by atoms with Gasteiger partial charge in [0.1, 0.15) is 29.4 Å². The fraction of sp³-hybridized carbons (Fsp3) is 0.143. The number of benzene rings is 2. The summed E-state index contributed by atoms with van der Waals surface area (Å²) in [5.41, 5.74) is -6.68. The van der Waals surface area contributed by atoms with Crippen molar-refractivity contribution in [1.82, 2.24) is 0 Å². The van der Waals surface area contributed by atoms with Gasteiger partial charge in [-0.25, -0.2) is 0 Å². The van der Waals surface area contributed by atoms with E-state index in [0.29, 0.717) is 13.8 Å². The molecule has 0 unspecified atom stereocenters. The highest BCUT2D eigenvalue weighted by Gasteiger charge is 2.45. The lowest BCUT2D eigenvalue weighted by atomic mass is 10.0. The zero-order chi connectivity index (χ0) is 31.9. The smallest absolute Gasteiger partial charge is 0.282 e. The second-order valence-corrected chi connectivity index (χ2v) is 17.2. The molecule has 6 N–H and O–H groups in total. The zero-order valence-electron chi connectivity index (χ0n) is 18.8. The van der Waals surface area contributed by atoms with E-state index in [1.807, 2.05) is 0 Å². The molecule has 0 aliphatic carbocycles. The van der Waals surface area contributed by atoms with Gasteiger partial charge >= 0.3 is 0 Å². The number of hydrogen-bond acceptors (Lipinski definition) is 12. The largest absolute Gasteiger partial charge is 0.297 e. The first-order chi connectivity index (χ1) is 17.4. The zero-order valence-corrected chi connectivity index (χ0v) is 26.9. The third kappa shape index (κ3) is 6.28. The van der Waals surface area contributed by atoms with Gasteiger partial charge in [-0.3, -0.25) is 27.3 Å². The van der Waals surface area contributed by atoms with E-state index in [1.165, 1.54) is 0 Å². The molecule has 2 aromatic carbocycles. The van der Waals surface area contributed by atoms with Crippen molar-refractivity contribution >= 4 is 92.6 Å². The van der Waals surface area contributed by atoms with Gasteiger partial charge in [-0.1, -0.05) is 0 Å². The minimum atomic E-state index is -6.33. The summed E-state index contributed by atoms with van der Waals surface area (Å²) in [5, 5.41) is 0. The van der Waals surface area contributed by atoms with Gasteiger partial charge in [0, 0.05) is 20.1 Å². The summed E-state index contributed by atoms with van der Waals surface area (Å²) >= 11 is 4.86. The van der Waals surface area contributed by atoms with Crippen LogP contribution in [-0.4, -0.2) is 77.8 Å². The summed E-state index contributed by atoms with van der Waals surface area (Å²) in [7, 11) is -36.7. The van der Waals surface area contributed by atoms with Crippen LogP contribution in [0.25, 0.3) is 11.1 Å². The van der Waals surface area contributed by atoms with Crippen molar-refractivity contribution < 1.29 is 77.8 Å². The van der Waals surface area contributed by atoms with Gasteiger partial charge in [0.15, 0.2) is 0 Å². The standard InChI is InChI=1S/C14H12Br2O18S6/c1-3-7(15)13(39(29,30)31)11(37(23,24)25)5(9(3)35(17,18)19)6-10(36(20,21)22)4(2)8(16)14(40(32,33)34)12(6)38(26,27)28/h1-2H3,(H,17,18,19)(H,20,21,22)(H,23,24,25)(H,26,27,28)(H,29,30,31)(H,32,33,34). The highest BCUT2D eigenvalue weighted by atomic mass is 79.9. The van der Waals surface area contributed by atoms with Crippen molar-refractivity contribution in [2.45, 2.75) is 43.2 Å². The average Bonchev–Trinajstić information content (AvgIpc) is 2.65. The molecule has 0 saturated heterocycles. The molecular weight excluding hydrogens is 808 g/mol. The molecule has 0 radical (unpaired) electrons. The maximum atomic E-state index is 12.5. The van der Waals surface area contributed by atoms with Gasteiger partial charge in [-0.05, 0) is 56.8 Å². The second-order valence-electron chi connectivity index (χ2n) is 7.45. The Bertz CT molecular complexity index is 2010. The molecule has 0 aliphatic heterocycles. The molecule has 18 nitrogen and oxygen atoms in total. The first-order valence-corrected chi connectivity index (χ1v) is 19.2. The summed E-state index contributed by atoms with van der Waals surface area (Å²) in [6.45, 7) is 1.13. The molecule has 0 fully saturated rings. The fourth-order valence-electron chi connectivity index (χ4n) is 3.60. The average molecular weight is 820 g/mol. The topological polar surface area (TPSA) is 326 Å². The van der Waals surface area contributed by atoms with E-state index in [1.54, 1.807) is 0 Å². The maximum absolute atomic E-state index is 12.5. The minimum absolute atomic E-state index is 0.564. The van der Waals surface area contributed by atoms with Crippen molar-refractivity contribution in [1.29, 1.82) is 0 Å². The molecule has 2 rings (SSSR count). The van der Waals surface area contributed by atoms with E-state index in [-0.39, 0.29) is 0 Å². The maximum Gasteiger partial charge on any atom is 0.297 e. The summed E-state index contributed by atoms with van der Waals surface area (Å²) in [4.78, 5) is -12.7. The predicted molar refractivity (Wildman–Crippen MR) is 136 cm³/mol. The van der Waals surface area contributed by atoms with Gasteiger partial charge < -0.3 is 0 Å². The fourth-order valence-corrected chi connectivity index (χ4v) is 12.5. The molecule has 0 spiro atoms. The van der Waals surface area contributed by atoms with Gasteiger partial charge in [0.25, 0.3) is 60.7 Å². The molecule has 0 heterocycles. The first-order valence-electron chi connectivity index (χ1n) is 8.95. The lowest BCUT2D eigenvalue weighted by Gasteiger charge is -2.24. The van der Waals surface area contributed by atoms with Crippen LogP contribution in [0.3, 0.4) is 0 Å². The number of halogens is 2. The van der Waals surface area contributed by atoms with Crippen LogP contribution >= 0.6 is 31.9 Å². The van der Waals surface area contributed by atoms with Crippen molar-refractivity contribution in [3.05, 3.63) is 20.1 Å². The molecule has 226 valence electrons. The van der Waals surface area contributed by atoms with Gasteiger partial charge in [0.2, 0.25) is 0 Å². The van der Waals surface area contributed by atoms with Crippen LogP contribution in [0.1, 0.15) is 11.1 Å². The van der Waals surface area contributed by atoms with Crippen LogP contribution in [0.15, 0.2) is 38.3 Å². The highest BCUT2D eigenvalue weighted by Crippen LogP contribution is 2.51. The van der Waals surface area contributed by atoms with Crippen LogP contribution in [0, 0.1) is 13.8 Å². The van der Waals surface area contributed by atoms with Crippen LogP contribution in [0.5, 0.6) is 0 Å². The van der Waals surface area contributed by atoms with E-state index in [9.17, 15) is 77.8 Å². The Hall–Kier alpha value is -1.14. The molecule has 26 heteroatoms. The Labute approximate surface area is 243 Å². The molecule has 40 heavy (non-hydrogen) atoms. The summed E-state index contributed by atoms with van der Waals surface area (Å²) in [6, 6.07) is 0. The summed E-state index contributed by atoms with van der Waals surface area (Å²) in [6.07, 6.45) is 0. The Balaban J connectivity index is 4.03. The van der Waals surface area contributed by atoms with Crippen molar-refractivity contribution in [3.63, 3.8) is 0 Å². The number of rotatable bonds is 7. The lowest BCUT2D eigenvalue weighted by molar-refractivity contribution is 0.461. The van der Waals surface area contributed by atoms with Crippen LogP contribution < -0.4 is 0 Å². The third-order valence-corrected chi connectivity index (χ3v) is 13.4. The normalized spacial score (nSPS) is 13.9. The lowest BCUT2D eigenvalue weighted by Crippen LogP contribution is -2.21. The van der Waals surface area contributed by atoms with Gasteiger partial charge in [-0.15, -0.1) is 0 Å².